The van der Waals surface area contributed by atoms with Crippen LogP contribution < -0.4 is 5.32 Å². The summed E-state index contributed by atoms with van der Waals surface area (Å²) >= 11 is 0. The number of aliphatic hydroxyl groups excluding tert-OH is 5. The molecule has 1 rings (SSSR count). The molecule has 0 aromatic carbocycles. The van der Waals surface area contributed by atoms with Gasteiger partial charge in [-0.25, -0.2) is 0 Å². The molecule has 0 saturated carbocycles. The Morgan fingerprint density at radius 1 is 0.520 bits per heavy atom. The van der Waals surface area contributed by atoms with Crippen LogP contribution in [0.5, 0.6) is 0 Å². The number of nitrogens with one attached hydrogen (secondary N) is 1. The Bertz CT molecular complexity index is 1580. The van der Waals surface area contributed by atoms with E-state index in [1.807, 2.05) is 18.2 Å². The normalized spacial score (nSPS) is 19.9. The lowest BCUT2D eigenvalue weighted by Crippen LogP contribution is -2.61. The molecule has 8 unspecified atom stereocenters. The SMILES string of the molecule is CCCCC/C=C\C/C=C\C/C=C\C/C=C\CCC(O)C(=O)NC(COC1OC(CO)C(O)C(O)C1OC(=O)CCCCCC/C=C\C/C=C\C/C=C\CCCCC)C(O)/C=C/CCCCCCCCCCCCC. The number of rotatable bonds is 49. The smallest absolute Gasteiger partial charge is 0.306 e. The molecule has 8 atom stereocenters. The number of unbranched alkanes of at least 4 members (excludes halogenated alkanes) is 21. The molecule has 1 saturated heterocycles. The second-order valence-corrected chi connectivity index (χ2v) is 20.4. The third kappa shape index (κ3) is 39.6. The Labute approximate surface area is 456 Å². The van der Waals surface area contributed by atoms with E-state index in [2.05, 4.69) is 99.0 Å². The lowest BCUT2D eigenvalue weighted by Gasteiger charge is -2.41. The van der Waals surface area contributed by atoms with E-state index in [0.29, 0.717) is 12.8 Å². The van der Waals surface area contributed by atoms with Crippen LogP contribution in [-0.4, -0.2) is 99.6 Å². The fourth-order valence-corrected chi connectivity index (χ4v) is 8.65. The maximum atomic E-state index is 13.4. The van der Waals surface area contributed by atoms with Gasteiger partial charge in [0.05, 0.1) is 25.4 Å². The average Bonchev–Trinajstić information content (AvgIpc) is 3.41. The molecular formula is C64H109NO10. The number of hydrogen-bond acceptors (Lipinski definition) is 10. The standard InChI is InChI=1S/C64H109NO10/c1-4-7-10-13-16-19-22-25-27-29-31-34-37-40-43-46-49-52-59(69)75-62-61(71)60(70)58(53-66)74-64(62)73-54-55(56(67)50-47-44-41-38-35-32-24-21-18-15-12-9-6-3)65-63(72)57(68)51-48-45-42-39-36-33-30-28-26-23-20-17-14-11-8-5-2/h16-17,19-20,25-28,31,33-34,36,42,45,47,50,55-58,60-62,64,66-68,70-71H,4-15,18,21-24,29-30,32,35,37-41,43-44,46,48-49,51-54H2,1-3H3,(H,65,72)/b19-16-,20-17-,27-25-,28-26-,34-31-,36-33-,45-42-,50-47+. The van der Waals surface area contributed by atoms with Crippen molar-refractivity contribution in [1.29, 1.82) is 0 Å². The highest BCUT2D eigenvalue weighted by Gasteiger charge is 2.47. The molecule has 0 spiro atoms. The summed E-state index contributed by atoms with van der Waals surface area (Å²) in [5, 5.41) is 56.8. The van der Waals surface area contributed by atoms with Gasteiger partial charge in [-0.1, -0.05) is 221 Å². The van der Waals surface area contributed by atoms with Crippen molar-refractivity contribution in [1.82, 2.24) is 5.32 Å². The Morgan fingerprint density at radius 2 is 0.920 bits per heavy atom. The van der Waals surface area contributed by atoms with Gasteiger partial charge in [-0.3, -0.25) is 9.59 Å². The van der Waals surface area contributed by atoms with Crippen molar-refractivity contribution < 1.29 is 49.3 Å². The molecule has 1 heterocycles. The molecule has 1 amide bonds. The molecule has 11 nitrogen and oxygen atoms in total. The van der Waals surface area contributed by atoms with Gasteiger partial charge in [0.1, 0.15) is 24.4 Å². The number of carbonyl (C=O) groups excluding carboxylic acids is 2. The van der Waals surface area contributed by atoms with E-state index in [9.17, 15) is 35.1 Å². The molecule has 75 heavy (non-hydrogen) atoms. The van der Waals surface area contributed by atoms with Crippen molar-refractivity contribution in [2.45, 2.75) is 282 Å². The Kier molecular flexibility index (Phi) is 47.6. The largest absolute Gasteiger partial charge is 0.454 e. The molecule has 0 aromatic rings. The van der Waals surface area contributed by atoms with E-state index in [4.69, 9.17) is 14.2 Å². The predicted molar refractivity (Wildman–Crippen MR) is 310 cm³/mol. The minimum absolute atomic E-state index is 0.0867. The average molecular weight is 1050 g/mol. The molecular weight excluding hydrogens is 943 g/mol. The summed E-state index contributed by atoms with van der Waals surface area (Å²) in [6.45, 7) is 5.67. The zero-order valence-corrected chi connectivity index (χ0v) is 47.4. The van der Waals surface area contributed by atoms with Gasteiger partial charge in [0.2, 0.25) is 5.91 Å². The third-order valence-corrected chi connectivity index (χ3v) is 13.5. The highest BCUT2D eigenvalue weighted by atomic mass is 16.7. The topological polar surface area (TPSA) is 175 Å². The minimum Gasteiger partial charge on any atom is -0.454 e. The second-order valence-electron chi connectivity index (χ2n) is 20.4. The highest BCUT2D eigenvalue weighted by molar-refractivity contribution is 5.80. The van der Waals surface area contributed by atoms with Crippen LogP contribution in [0, 0.1) is 0 Å². The molecule has 430 valence electrons. The molecule has 0 radical (unpaired) electrons. The lowest BCUT2D eigenvalue weighted by atomic mass is 9.99. The second kappa shape index (κ2) is 51.3. The number of ether oxygens (including phenoxy) is 3. The number of amides is 1. The van der Waals surface area contributed by atoms with Crippen LogP contribution in [0.2, 0.25) is 0 Å². The maximum absolute atomic E-state index is 13.4. The van der Waals surface area contributed by atoms with Crippen LogP contribution in [0.4, 0.5) is 0 Å². The molecule has 0 aliphatic carbocycles. The maximum Gasteiger partial charge on any atom is 0.306 e. The van der Waals surface area contributed by atoms with Crippen LogP contribution in [0.15, 0.2) is 97.2 Å². The first-order chi connectivity index (χ1) is 36.7. The van der Waals surface area contributed by atoms with E-state index < -0.39 is 67.4 Å². The highest BCUT2D eigenvalue weighted by Crippen LogP contribution is 2.26. The quantitative estimate of drug-likeness (QED) is 0.0195. The van der Waals surface area contributed by atoms with Gasteiger partial charge in [-0.2, -0.15) is 0 Å². The van der Waals surface area contributed by atoms with Crippen molar-refractivity contribution >= 4 is 11.9 Å². The van der Waals surface area contributed by atoms with Gasteiger partial charge >= 0.3 is 5.97 Å². The van der Waals surface area contributed by atoms with Gasteiger partial charge in [-0.15, -0.1) is 0 Å². The zero-order valence-electron chi connectivity index (χ0n) is 47.4. The van der Waals surface area contributed by atoms with E-state index in [-0.39, 0.29) is 19.4 Å². The van der Waals surface area contributed by atoms with Crippen LogP contribution in [0.1, 0.15) is 233 Å². The van der Waals surface area contributed by atoms with Gasteiger partial charge in [-0.05, 0) is 103 Å². The van der Waals surface area contributed by atoms with E-state index in [1.165, 1.54) is 89.9 Å². The van der Waals surface area contributed by atoms with Crippen molar-refractivity contribution in [2.75, 3.05) is 13.2 Å². The van der Waals surface area contributed by atoms with Crippen LogP contribution in [0.3, 0.4) is 0 Å². The van der Waals surface area contributed by atoms with Crippen molar-refractivity contribution in [2.24, 2.45) is 0 Å². The summed E-state index contributed by atoms with van der Waals surface area (Å²) in [6, 6.07) is -1.06. The summed E-state index contributed by atoms with van der Waals surface area (Å²) in [4.78, 5) is 26.5. The Balaban J connectivity index is 2.79. The fourth-order valence-electron chi connectivity index (χ4n) is 8.65. The Morgan fingerprint density at radius 3 is 1.40 bits per heavy atom. The monoisotopic (exact) mass is 1050 g/mol. The first-order valence-electron chi connectivity index (χ1n) is 30.0. The molecule has 1 fully saturated rings. The molecule has 1 aliphatic heterocycles. The first-order valence-corrected chi connectivity index (χ1v) is 30.0. The molecule has 0 aromatic heterocycles. The molecule has 1 aliphatic rings. The minimum atomic E-state index is -1.64. The summed E-state index contributed by atoms with van der Waals surface area (Å²) in [6.07, 6.45) is 57.3. The molecule has 11 heteroatoms. The van der Waals surface area contributed by atoms with Crippen LogP contribution in [0.25, 0.3) is 0 Å². The van der Waals surface area contributed by atoms with Gasteiger partial charge < -0.3 is 45.1 Å². The summed E-state index contributed by atoms with van der Waals surface area (Å²) in [7, 11) is 0. The van der Waals surface area contributed by atoms with Crippen LogP contribution >= 0.6 is 0 Å². The van der Waals surface area contributed by atoms with E-state index in [1.54, 1.807) is 6.08 Å². The summed E-state index contributed by atoms with van der Waals surface area (Å²) in [5.41, 5.74) is 0. The van der Waals surface area contributed by atoms with Gasteiger partial charge in [0.25, 0.3) is 0 Å². The number of aliphatic hydroxyl groups is 5. The number of carbonyl (C=O) groups is 2. The summed E-state index contributed by atoms with van der Waals surface area (Å²) in [5.74, 6) is -1.28. The molecule has 6 N–H and O–H groups in total. The first kappa shape index (κ1) is 69.6. The summed E-state index contributed by atoms with van der Waals surface area (Å²) < 4.78 is 17.5. The number of hydrogen-bond donors (Lipinski definition) is 6. The zero-order chi connectivity index (χ0) is 54.7. The van der Waals surface area contributed by atoms with E-state index >= 15 is 0 Å². The number of esters is 1. The van der Waals surface area contributed by atoms with E-state index in [0.717, 1.165) is 96.3 Å². The Hall–Kier alpha value is -3.42. The fraction of sp³-hybridized carbons (Fsp3) is 0.719. The van der Waals surface area contributed by atoms with Crippen LogP contribution in [-0.2, 0) is 23.8 Å². The predicted octanol–water partition coefficient (Wildman–Crippen LogP) is 13.9. The van der Waals surface area contributed by atoms with Crippen molar-refractivity contribution in [3.8, 4) is 0 Å². The number of allylic oxidation sites excluding steroid dienone is 15. The van der Waals surface area contributed by atoms with Crippen molar-refractivity contribution in [3.05, 3.63) is 97.2 Å². The van der Waals surface area contributed by atoms with Crippen molar-refractivity contribution in [3.63, 3.8) is 0 Å². The van der Waals surface area contributed by atoms with Gasteiger partial charge in [0.15, 0.2) is 12.4 Å². The van der Waals surface area contributed by atoms with Gasteiger partial charge in [0, 0.05) is 6.42 Å². The molecule has 0 bridgehead atoms. The third-order valence-electron chi connectivity index (χ3n) is 13.5. The lowest BCUT2D eigenvalue weighted by molar-refractivity contribution is -0.305.